The van der Waals surface area contributed by atoms with E-state index in [1.54, 1.807) is 12.3 Å². The van der Waals surface area contributed by atoms with Crippen LogP contribution >= 0.6 is 0 Å². The van der Waals surface area contributed by atoms with Gasteiger partial charge >= 0.3 is 0 Å². The molecule has 0 fully saturated rings. The van der Waals surface area contributed by atoms with Gasteiger partial charge in [0.2, 0.25) is 5.91 Å². The third-order valence-corrected chi connectivity index (χ3v) is 3.09. The van der Waals surface area contributed by atoms with Crippen LogP contribution in [0.4, 0.5) is 0 Å². The van der Waals surface area contributed by atoms with Gasteiger partial charge in [0.1, 0.15) is 12.3 Å². The quantitative estimate of drug-likeness (QED) is 0.500. The van der Waals surface area contributed by atoms with Gasteiger partial charge in [-0.05, 0) is 31.2 Å². The number of rotatable bonds is 8. The minimum Gasteiger partial charge on any atom is -0.467 e. The SMILES string of the molecule is CCNC(=NCC(=O)NCc1ccco1)NCCn1cccc1. The summed E-state index contributed by atoms with van der Waals surface area (Å²) in [5, 5.41) is 9.08. The predicted octanol–water partition coefficient (Wildman–Crippen LogP) is 0.953. The van der Waals surface area contributed by atoms with Crippen LogP contribution in [0.15, 0.2) is 52.3 Å². The second-order valence-electron chi connectivity index (χ2n) is 4.90. The molecule has 7 heteroatoms. The maximum absolute atomic E-state index is 11.8. The molecule has 0 aliphatic heterocycles. The van der Waals surface area contributed by atoms with Crippen molar-refractivity contribution in [2.24, 2.45) is 4.99 Å². The number of aliphatic imine (C=N–C) groups is 1. The molecule has 2 aromatic heterocycles. The third kappa shape index (κ3) is 6.29. The van der Waals surface area contributed by atoms with Crippen LogP contribution in [-0.2, 0) is 17.9 Å². The lowest BCUT2D eigenvalue weighted by atomic mass is 10.4. The topological polar surface area (TPSA) is 83.6 Å². The van der Waals surface area contributed by atoms with Crippen molar-refractivity contribution in [2.75, 3.05) is 19.6 Å². The van der Waals surface area contributed by atoms with E-state index in [1.165, 1.54) is 0 Å². The molecule has 23 heavy (non-hydrogen) atoms. The van der Waals surface area contributed by atoms with Crippen LogP contribution in [0.25, 0.3) is 0 Å². The molecule has 3 N–H and O–H groups in total. The van der Waals surface area contributed by atoms with Crippen LogP contribution in [-0.4, -0.2) is 36.1 Å². The number of carbonyl (C=O) groups is 1. The van der Waals surface area contributed by atoms with E-state index in [-0.39, 0.29) is 12.5 Å². The number of hydrogen-bond donors (Lipinski definition) is 3. The van der Waals surface area contributed by atoms with E-state index in [2.05, 4.69) is 25.5 Å². The summed E-state index contributed by atoms with van der Waals surface area (Å²) in [6, 6.07) is 7.58. The van der Waals surface area contributed by atoms with Gasteiger partial charge in [-0.25, -0.2) is 4.99 Å². The smallest absolute Gasteiger partial charge is 0.242 e. The number of amides is 1. The van der Waals surface area contributed by atoms with Gasteiger partial charge in [0.25, 0.3) is 0 Å². The lowest BCUT2D eigenvalue weighted by Gasteiger charge is -2.11. The molecule has 0 aromatic carbocycles. The zero-order valence-electron chi connectivity index (χ0n) is 13.3. The van der Waals surface area contributed by atoms with Gasteiger partial charge in [-0.3, -0.25) is 4.79 Å². The summed E-state index contributed by atoms with van der Waals surface area (Å²) in [7, 11) is 0. The van der Waals surface area contributed by atoms with Crippen LogP contribution in [0.1, 0.15) is 12.7 Å². The fourth-order valence-electron chi connectivity index (χ4n) is 1.97. The van der Waals surface area contributed by atoms with Gasteiger partial charge in [-0.15, -0.1) is 0 Å². The van der Waals surface area contributed by atoms with Crippen LogP contribution in [0.3, 0.4) is 0 Å². The Labute approximate surface area is 135 Å². The number of nitrogens with zero attached hydrogens (tertiary/aromatic N) is 2. The van der Waals surface area contributed by atoms with Gasteiger partial charge in [-0.1, -0.05) is 0 Å². The summed E-state index contributed by atoms with van der Waals surface area (Å²) in [6.07, 6.45) is 5.60. The summed E-state index contributed by atoms with van der Waals surface area (Å²) in [4.78, 5) is 16.1. The molecular formula is C16H23N5O2. The van der Waals surface area contributed by atoms with E-state index in [9.17, 15) is 4.79 Å². The highest BCUT2D eigenvalue weighted by Crippen LogP contribution is 1.98. The lowest BCUT2D eigenvalue weighted by Crippen LogP contribution is -2.39. The van der Waals surface area contributed by atoms with Crippen molar-refractivity contribution in [2.45, 2.75) is 20.0 Å². The molecule has 2 heterocycles. The fraction of sp³-hybridized carbons (Fsp3) is 0.375. The van der Waals surface area contributed by atoms with E-state index >= 15 is 0 Å². The van der Waals surface area contributed by atoms with Gasteiger partial charge in [-0.2, -0.15) is 0 Å². The molecule has 7 nitrogen and oxygen atoms in total. The first kappa shape index (κ1) is 16.7. The van der Waals surface area contributed by atoms with Crippen molar-refractivity contribution in [3.05, 3.63) is 48.7 Å². The van der Waals surface area contributed by atoms with Gasteiger partial charge in [0.15, 0.2) is 5.96 Å². The molecule has 0 saturated heterocycles. The van der Waals surface area contributed by atoms with Crippen molar-refractivity contribution >= 4 is 11.9 Å². The van der Waals surface area contributed by atoms with Gasteiger partial charge in [0.05, 0.1) is 12.8 Å². The zero-order chi connectivity index (χ0) is 16.3. The Bertz CT molecular complexity index is 590. The second-order valence-corrected chi connectivity index (χ2v) is 4.90. The molecule has 0 bridgehead atoms. The Kier molecular flexibility index (Phi) is 6.77. The Hall–Kier alpha value is -2.70. The largest absolute Gasteiger partial charge is 0.467 e. The number of aromatic nitrogens is 1. The zero-order valence-corrected chi connectivity index (χ0v) is 13.3. The minimum absolute atomic E-state index is 0.0690. The van der Waals surface area contributed by atoms with Crippen molar-refractivity contribution in [3.8, 4) is 0 Å². The Morgan fingerprint density at radius 1 is 1.22 bits per heavy atom. The van der Waals surface area contributed by atoms with Crippen molar-refractivity contribution in [1.82, 2.24) is 20.5 Å². The monoisotopic (exact) mass is 317 g/mol. The summed E-state index contributed by atoms with van der Waals surface area (Å²) in [5.74, 6) is 1.20. The number of hydrogen-bond acceptors (Lipinski definition) is 3. The molecule has 0 atom stereocenters. The van der Waals surface area contributed by atoms with Gasteiger partial charge < -0.3 is 24.9 Å². The van der Waals surface area contributed by atoms with Crippen LogP contribution in [0.5, 0.6) is 0 Å². The molecule has 0 unspecified atom stereocenters. The molecule has 0 saturated carbocycles. The van der Waals surface area contributed by atoms with Crippen molar-refractivity contribution < 1.29 is 9.21 Å². The molecular weight excluding hydrogens is 294 g/mol. The van der Waals surface area contributed by atoms with Crippen LogP contribution in [0.2, 0.25) is 0 Å². The summed E-state index contributed by atoms with van der Waals surface area (Å²) >= 11 is 0. The second kappa shape index (κ2) is 9.34. The first-order valence-electron chi connectivity index (χ1n) is 7.70. The van der Waals surface area contributed by atoms with Crippen LogP contribution in [0, 0.1) is 0 Å². The molecule has 124 valence electrons. The van der Waals surface area contributed by atoms with E-state index in [1.807, 2.05) is 37.5 Å². The highest BCUT2D eigenvalue weighted by atomic mass is 16.3. The normalized spacial score (nSPS) is 11.3. The van der Waals surface area contributed by atoms with Crippen molar-refractivity contribution in [1.29, 1.82) is 0 Å². The predicted molar refractivity (Wildman–Crippen MR) is 89.0 cm³/mol. The highest BCUT2D eigenvalue weighted by Gasteiger charge is 2.03. The average molecular weight is 317 g/mol. The van der Waals surface area contributed by atoms with E-state index < -0.39 is 0 Å². The molecule has 1 amide bonds. The molecule has 2 rings (SSSR count). The molecule has 0 radical (unpaired) electrons. The molecule has 0 aliphatic carbocycles. The molecule has 0 spiro atoms. The standard InChI is InChI=1S/C16H23N5O2/c1-2-17-16(18-7-10-21-8-3-4-9-21)20-13-15(22)19-12-14-6-5-11-23-14/h3-6,8-9,11H,2,7,10,12-13H2,1H3,(H,19,22)(H2,17,18,20). The number of guanidine groups is 1. The van der Waals surface area contributed by atoms with Gasteiger partial charge in [0, 0.05) is 32.0 Å². The van der Waals surface area contributed by atoms with E-state index in [0.29, 0.717) is 12.5 Å². The summed E-state index contributed by atoms with van der Waals surface area (Å²) < 4.78 is 7.24. The summed E-state index contributed by atoms with van der Waals surface area (Å²) in [6.45, 7) is 4.73. The van der Waals surface area contributed by atoms with E-state index in [4.69, 9.17) is 4.42 Å². The Morgan fingerprint density at radius 2 is 2.04 bits per heavy atom. The highest BCUT2D eigenvalue weighted by molar-refractivity contribution is 5.84. The first-order chi connectivity index (χ1) is 11.3. The first-order valence-corrected chi connectivity index (χ1v) is 7.70. The number of carbonyl (C=O) groups excluding carboxylic acids is 1. The molecule has 2 aromatic rings. The maximum Gasteiger partial charge on any atom is 0.242 e. The third-order valence-electron chi connectivity index (χ3n) is 3.09. The van der Waals surface area contributed by atoms with Crippen LogP contribution < -0.4 is 16.0 Å². The Morgan fingerprint density at radius 3 is 2.74 bits per heavy atom. The average Bonchev–Trinajstić information content (AvgIpc) is 3.24. The summed E-state index contributed by atoms with van der Waals surface area (Å²) in [5.41, 5.74) is 0. The lowest BCUT2D eigenvalue weighted by molar-refractivity contribution is -0.119. The van der Waals surface area contributed by atoms with E-state index in [0.717, 1.165) is 25.4 Å². The Balaban J connectivity index is 1.72. The number of nitrogens with one attached hydrogen (secondary N) is 3. The number of furan rings is 1. The minimum atomic E-state index is -0.149. The molecule has 0 aliphatic rings. The van der Waals surface area contributed by atoms with Crippen molar-refractivity contribution in [3.63, 3.8) is 0 Å². The maximum atomic E-state index is 11.8. The fourth-order valence-corrected chi connectivity index (χ4v) is 1.97.